The van der Waals surface area contributed by atoms with Gasteiger partial charge in [0.25, 0.3) is 0 Å². The van der Waals surface area contributed by atoms with E-state index in [1.165, 1.54) is 6.07 Å². The predicted octanol–water partition coefficient (Wildman–Crippen LogP) is 5.83. The van der Waals surface area contributed by atoms with Gasteiger partial charge in [-0.25, -0.2) is 0 Å². The molecule has 1 aliphatic heterocycles. The predicted molar refractivity (Wildman–Crippen MR) is 119 cm³/mol. The van der Waals surface area contributed by atoms with E-state index in [2.05, 4.69) is 4.90 Å². The van der Waals surface area contributed by atoms with Gasteiger partial charge in [-0.15, -0.1) is 0 Å². The van der Waals surface area contributed by atoms with E-state index in [0.717, 1.165) is 30.3 Å². The molecule has 0 bridgehead atoms. The first-order chi connectivity index (χ1) is 15.8. The summed E-state index contributed by atoms with van der Waals surface area (Å²) in [6.07, 6.45) is -4.35. The molecular formula is C26H24F3NO3. The quantitative estimate of drug-likeness (QED) is 0.465. The lowest BCUT2D eigenvalue weighted by Crippen LogP contribution is -2.45. The topological polar surface area (TPSA) is 49.8 Å². The smallest absolute Gasteiger partial charge is 0.417 e. The van der Waals surface area contributed by atoms with Gasteiger partial charge in [0.05, 0.1) is 12.0 Å². The van der Waals surface area contributed by atoms with E-state index >= 15 is 0 Å². The third-order valence-corrected chi connectivity index (χ3v) is 5.84. The summed E-state index contributed by atoms with van der Waals surface area (Å²) in [7, 11) is 0. The molecule has 1 saturated heterocycles. The van der Waals surface area contributed by atoms with Gasteiger partial charge in [-0.05, 0) is 34.4 Å². The van der Waals surface area contributed by atoms with E-state index in [1.54, 1.807) is 36.4 Å². The minimum atomic E-state index is -4.49. The van der Waals surface area contributed by atoms with Crippen molar-refractivity contribution in [1.82, 2.24) is 4.90 Å². The van der Waals surface area contributed by atoms with Crippen molar-refractivity contribution in [1.29, 1.82) is 0 Å². The molecule has 7 heteroatoms. The zero-order valence-corrected chi connectivity index (χ0v) is 17.9. The molecule has 4 rings (SSSR count). The zero-order chi connectivity index (χ0) is 23.4. The fraction of sp³-hybridized carbons (Fsp3) is 0.269. The van der Waals surface area contributed by atoms with Crippen molar-refractivity contribution >= 4 is 5.97 Å². The molecule has 0 amide bonds. The Morgan fingerprint density at radius 1 is 1.00 bits per heavy atom. The molecule has 33 heavy (non-hydrogen) atoms. The fourth-order valence-corrected chi connectivity index (χ4v) is 3.99. The van der Waals surface area contributed by atoms with Gasteiger partial charge in [-0.2, -0.15) is 13.2 Å². The maximum absolute atomic E-state index is 13.7. The van der Waals surface area contributed by atoms with E-state index in [1.807, 2.05) is 24.3 Å². The summed E-state index contributed by atoms with van der Waals surface area (Å²) >= 11 is 0. The monoisotopic (exact) mass is 455 g/mol. The Labute approximate surface area is 190 Å². The fourth-order valence-electron chi connectivity index (χ4n) is 3.99. The molecule has 0 radical (unpaired) electrons. The zero-order valence-electron chi connectivity index (χ0n) is 17.9. The van der Waals surface area contributed by atoms with Crippen molar-refractivity contribution in [2.45, 2.75) is 25.1 Å². The number of alkyl halides is 3. The van der Waals surface area contributed by atoms with Crippen molar-refractivity contribution in [3.05, 3.63) is 89.5 Å². The number of carbonyl (C=O) groups is 1. The van der Waals surface area contributed by atoms with Crippen molar-refractivity contribution in [2.75, 3.05) is 19.6 Å². The van der Waals surface area contributed by atoms with Crippen LogP contribution in [0.25, 0.3) is 11.1 Å². The van der Waals surface area contributed by atoms with Crippen molar-refractivity contribution in [3.8, 4) is 16.9 Å². The first-order valence-corrected chi connectivity index (χ1v) is 10.7. The van der Waals surface area contributed by atoms with Crippen LogP contribution in [0.1, 0.15) is 29.0 Å². The maximum Gasteiger partial charge on any atom is 0.417 e. The molecule has 0 unspecified atom stereocenters. The van der Waals surface area contributed by atoms with Gasteiger partial charge in [0.1, 0.15) is 12.4 Å². The molecule has 0 spiro atoms. The number of halogens is 3. The first kappa shape index (κ1) is 22.9. The van der Waals surface area contributed by atoms with Crippen LogP contribution in [-0.4, -0.2) is 35.6 Å². The molecule has 0 aliphatic carbocycles. The summed E-state index contributed by atoms with van der Waals surface area (Å²) in [5.41, 5.74) is 1.93. The summed E-state index contributed by atoms with van der Waals surface area (Å²) in [5.74, 6) is -0.257. The number of hydrogen-bond acceptors (Lipinski definition) is 3. The molecule has 1 N–H and O–H groups in total. The highest BCUT2D eigenvalue weighted by Gasteiger charge is 2.34. The molecule has 1 heterocycles. The second kappa shape index (κ2) is 9.67. The van der Waals surface area contributed by atoms with Gasteiger partial charge in [0, 0.05) is 25.6 Å². The van der Waals surface area contributed by atoms with Crippen LogP contribution >= 0.6 is 0 Å². The van der Waals surface area contributed by atoms with E-state index in [4.69, 9.17) is 9.84 Å². The Balaban J connectivity index is 1.38. The standard InChI is InChI=1S/C26H24F3NO3/c27-26(28,29)24-14-22(10-11-23(24)20-4-2-1-3-5-20)33-17-18-6-8-19(9-7-18)21-15-30(16-21)13-12-25(31)32/h1-11,14,21H,12-13,15-17H2,(H,31,32). The van der Waals surface area contributed by atoms with Crippen molar-refractivity contribution in [3.63, 3.8) is 0 Å². The average molecular weight is 455 g/mol. The molecule has 0 aromatic heterocycles. The normalized spacial score (nSPS) is 14.6. The molecule has 0 atom stereocenters. The van der Waals surface area contributed by atoms with Gasteiger partial charge < -0.3 is 14.7 Å². The van der Waals surface area contributed by atoms with Crippen LogP contribution in [0.2, 0.25) is 0 Å². The first-order valence-electron chi connectivity index (χ1n) is 10.7. The van der Waals surface area contributed by atoms with Crippen LogP contribution in [-0.2, 0) is 17.6 Å². The minimum absolute atomic E-state index is 0.123. The Hall–Kier alpha value is -3.32. The van der Waals surface area contributed by atoms with Crippen LogP contribution in [0.4, 0.5) is 13.2 Å². The number of benzene rings is 3. The number of carboxylic acid groups (broad SMARTS) is 1. The third-order valence-electron chi connectivity index (χ3n) is 5.84. The van der Waals surface area contributed by atoms with Crippen LogP contribution in [0.5, 0.6) is 5.75 Å². The van der Waals surface area contributed by atoms with Gasteiger partial charge in [0.2, 0.25) is 0 Å². The minimum Gasteiger partial charge on any atom is -0.489 e. The summed E-state index contributed by atoms with van der Waals surface area (Å²) in [6.45, 7) is 2.38. The average Bonchev–Trinajstić information content (AvgIpc) is 2.77. The number of likely N-dealkylation sites (tertiary alicyclic amines) is 1. The lowest BCUT2D eigenvalue weighted by Gasteiger charge is -2.39. The molecule has 172 valence electrons. The largest absolute Gasteiger partial charge is 0.489 e. The van der Waals surface area contributed by atoms with E-state index in [-0.39, 0.29) is 24.3 Å². The highest BCUT2D eigenvalue weighted by molar-refractivity contribution is 5.69. The van der Waals surface area contributed by atoms with Gasteiger partial charge in [0.15, 0.2) is 0 Å². The van der Waals surface area contributed by atoms with Crippen LogP contribution in [0.15, 0.2) is 72.8 Å². The Morgan fingerprint density at radius 3 is 2.33 bits per heavy atom. The summed E-state index contributed by atoms with van der Waals surface area (Å²) in [6, 6.07) is 20.4. The molecule has 1 fully saturated rings. The highest BCUT2D eigenvalue weighted by Crippen LogP contribution is 2.39. The summed E-state index contributed by atoms with van der Waals surface area (Å²) in [5, 5.41) is 8.75. The molecule has 1 aliphatic rings. The van der Waals surface area contributed by atoms with Gasteiger partial charge >= 0.3 is 12.1 Å². The van der Waals surface area contributed by atoms with Crippen LogP contribution in [0, 0.1) is 0 Å². The van der Waals surface area contributed by atoms with E-state index in [9.17, 15) is 18.0 Å². The molecular weight excluding hydrogens is 431 g/mol. The molecule has 3 aromatic rings. The van der Waals surface area contributed by atoms with Crippen molar-refractivity contribution < 1.29 is 27.8 Å². The van der Waals surface area contributed by atoms with Crippen molar-refractivity contribution in [2.24, 2.45) is 0 Å². The molecule has 4 nitrogen and oxygen atoms in total. The molecule has 3 aromatic carbocycles. The van der Waals surface area contributed by atoms with E-state index < -0.39 is 17.7 Å². The highest BCUT2D eigenvalue weighted by atomic mass is 19.4. The number of rotatable bonds is 8. The number of nitrogens with zero attached hydrogens (tertiary/aromatic N) is 1. The number of ether oxygens (including phenoxy) is 1. The van der Waals surface area contributed by atoms with Gasteiger partial charge in [-0.3, -0.25) is 4.79 Å². The lowest BCUT2D eigenvalue weighted by molar-refractivity contribution is -0.138. The Bertz CT molecular complexity index is 1090. The number of aliphatic carboxylic acids is 1. The third kappa shape index (κ3) is 5.73. The SMILES string of the molecule is O=C(O)CCN1CC(c2ccc(COc3ccc(-c4ccccc4)c(C(F)(F)F)c3)cc2)C1. The number of hydrogen-bond donors (Lipinski definition) is 1. The maximum atomic E-state index is 13.7. The summed E-state index contributed by atoms with van der Waals surface area (Å²) in [4.78, 5) is 12.8. The Kier molecular flexibility index (Phi) is 6.70. The lowest BCUT2D eigenvalue weighted by atomic mass is 9.91. The van der Waals surface area contributed by atoms with Gasteiger partial charge in [-0.1, -0.05) is 60.7 Å². The number of carboxylic acids is 1. The second-order valence-corrected chi connectivity index (χ2v) is 8.20. The van der Waals surface area contributed by atoms with Crippen LogP contribution in [0.3, 0.4) is 0 Å². The Morgan fingerprint density at radius 2 is 1.70 bits per heavy atom. The van der Waals surface area contributed by atoms with Crippen LogP contribution < -0.4 is 4.74 Å². The molecule has 0 saturated carbocycles. The summed E-state index contributed by atoms with van der Waals surface area (Å²) < 4.78 is 46.7. The van der Waals surface area contributed by atoms with E-state index in [0.29, 0.717) is 18.0 Å². The second-order valence-electron chi connectivity index (χ2n) is 8.20.